The van der Waals surface area contributed by atoms with Gasteiger partial charge in [-0.2, -0.15) is 0 Å². The number of β-lactam (4-membered cyclic amide) rings is 1. The average molecular weight is 406 g/mol. The van der Waals surface area contributed by atoms with Crippen LogP contribution < -0.4 is 5.32 Å². The number of esters is 2. The number of carbonyl (C=O) groups is 3. The molecule has 1 rings (SSSR count). The summed E-state index contributed by atoms with van der Waals surface area (Å²) >= 11 is 0. The molecule has 1 saturated heterocycles. The van der Waals surface area contributed by atoms with Gasteiger partial charge in [0.15, 0.2) is 8.32 Å². The van der Waals surface area contributed by atoms with Gasteiger partial charge in [-0.15, -0.1) is 0 Å². The summed E-state index contributed by atoms with van der Waals surface area (Å²) in [6, 6.07) is -0.842. The lowest BCUT2D eigenvalue weighted by Gasteiger charge is -2.47. The van der Waals surface area contributed by atoms with Crippen molar-refractivity contribution in [1.82, 2.24) is 5.32 Å². The lowest BCUT2D eigenvalue weighted by Crippen LogP contribution is -2.73. The third-order valence-corrected chi connectivity index (χ3v) is 9.89. The molecule has 0 aromatic heterocycles. The van der Waals surface area contributed by atoms with E-state index >= 15 is 4.39 Å². The van der Waals surface area contributed by atoms with Crippen molar-refractivity contribution in [3.63, 3.8) is 0 Å². The highest BCUT2D eigenvalue weighted by atomic mass is 28.4. The summed E-state index contributed by atoms with van der Waals surface area (Å²) in [5, 5.41) is 2.47. The SMILES string of the molecule is CCOC(=O)C(F)(C(=O)OCC)C1C(=O)NC1C(C)O[Si](C)(C)C(C)(C)C. The van der Waals surface area contributed by atoms with Gasteiger partial charge >= 0.3 is 17.6 Å². The molecule has 0 aromatic carbocycles. The summed E-state index contributed by atoms with van der Waals surface area (Å²) in [6.45, 7) is 14.7. The van der Waals surface area contributed by atoms with E-state index < -0.39 is 49.9 Å². The lowest BCUT2D eigenvalue weighted by molar-refractivity contribution is -0.189. The number of halogens is 1. The quantitative estimate of drug-likeness (QED) is 0.288. The fourth-order valence-corrected chi connectivity index (χ4v) is 4.17. The Balaban J connectivity index is 3.16. The first-order valence-corrected chi connectivity index (χ1v) is 12.2. The van der Waals surface area contributed by atoms with Crippen LogP contribution in [-0.4, -0.2) is 57.2 Å². The third-order valence-electron chi connectivity index (χ3n) is 5.32. The molecule has 0 saturated carbocycles. The van der Waals surface area contributed by atoms with Crippen molar-refractivity contribution < 1.29 is 32.7 Å². The van der Waals surface area contributed by atoms with Crippen LogP contribution >= 0.6 is 0 Å². The van der Waals surface area contributed by atoms with Crippen LogP contribution in [0, 0.1) is 5.92 Å². The number of hydrogen-bond donors (Lipinski definition) is 1. The van der Waals surface area contributed by atoms with Gasteiger partial charge < -0.3 is 19.2 Å². The largest absolute Gasteiger partial charge is 0.463 e. The second kappa shape index (κ2) is 8.26. The smallest absolute Gasteiger partial charge is 0.356 e. The van der Waals surface area contributed by atoms with Crippen molar-refractivity contribution in [2.24, 2.45) is 5.92 Å². The minimum atomic E-state index is -3.20. The van der Waals surface area contributed by atoms with Crippen LogP contribution in [0.4, 0.5) is 4.39 Å². The summed E-state index contributed by atoms with van der Waals surface area (Å²) in [7, 11) is -2.21. The summed E-state index contributed by atoms with van der Waals surface area (Å²) in [6.07, 6.45) is -0.590. The molecule has 9 heteroatoms. The van der Waals surface area contributed by atoms with Crippen LogP contribution in [-0.2, 0) is 28.3 Å². The third kappa shape index (κ3) is 4.51. The highest BCUT2D eigenvalue weighted by Gasteiger charge is 2.67. The van der Waals surface area contributed by atoms with Gasteiger partial charge in [0.1, 0.15) is 5.92 Å². The van der Waals surface area contributed by atoms with E-state index in [1.807, 2.05) is 13.1 Å². The van der Waals surface area contributed by atoms with E-state index in [9.17, 15) is 14.4 Å². The number of ether oxygens (including phenoxy) is 2. The van der Waals surface area contributed by atoms with Gasteiger partial charge in [-0.3, -0.25) is 4.79 Å². The second-order valence-electron chi connectivity index (χ2n) is 8.25. The van der Waals surface area contributed by atoms with Crippen molar-refractivity contribution in [3.8, 4) is 0 Å². The first kappa shape index (κ1) is 23.6. The van der Waals surface area contributed by atoms with Crippen molar-refractivity contribution in [3.05, 3.63) is 0 Å². The Morgan fingerprint density at radius 3 is 1.93 bits per heavy atom. The van der Waals surface area contributed by atoms with Gasteiger partial charge in [0.05, 0.1) is 25.4 Å². The fraction of sp³-hybridized carbons (Fsp3) is 0.833. The number of carbonyl (C=O) groups excluding carboxylic acids is 3. The maximum absolute atomic E-state index is 15.7. The maximum atomic E-state index is 15.7. The number of hydrogen-bond acceptors (Lipinski definition) is 6. The van der Waals surface area contributed by atoms with Crippen LogP contribution in [0.5, 0.6) is 0 Å². The normalized spacial score (nSPS) is 21.7. The Morgan fingerprint density at radius 2 is 1.59 bits per heavy atom. The van der Waals surface area contributed by atoms with Gasteiger partial charge in [-0.05, 0) is 38.9 Å². The summed E-state index contributed by atoms with van der Waals surface area (Å²) in [5.74, 6) is -5.12. The summed E-state index contributed by atoms with van der Waals surface area (Å²) < 4.78 is 31.4. The monoisotopic (exact) mass is 405 g/mol. The van der Waals surface area contributed by atoms with Gasteiger partial charge in [0.25, 0.3) is 0 Å². The van der Waals surface area contributed by atoms with Gasteiger partial charge in [-0.1, -0.05) is 20.8 Å². The van der Waals surface area contributed by atoms with E-state index in [4.69, 9.17) is 13.9 Å². The Bertz CT molecular complexity index is 571. The van der Waals surface area contributed by atoms with E-state index in [1.165, 1.54) is 13.8 Å². The maximum Gasteiger partial charge on any atom is 0.356 e. The molecule has 27 heavy (non-hydrogen) atoms. The van der Waals surface area contributed by atoms with E-state index in [-0.39, 0.29) is 18.3 Å². The topological polar surface area (TPSA) is 90.9 Å². The molecule has 0 aromatic rings. The molecule has 1 heterocycles. The zero-order chi connectivity index (χ0) is 21.2. The predicted octanol–water partition coefficient (Wildman–Crippen LogP) is 2.35. The van der Waals surface area contributed by atoms with Crippen molar-refractivity contribution in [2.75, 3.05) is 13.2 Å². The van der Waals surface area contributed by atoms with Crippen LogP contribution in [0.25, 0.3) is 0 Å². The van der Waals surface area contributed by atoms with Gasteiger partial charge in [-0.25, -0.2) is 14.0 Å². The molecule has 3 atom stereocenters. The minimum Gasteiger partial charge on any atom is -0.463 e. The molecule has 0 bridgehead atoms. The van der Waals surface area contributed by atoms with E-state index in [0.717, 1.165) is 0 Å². The predicted molar refractivity (Wildman–Crippen MR) is 100 cm³/mol. The number of nitrogens with one attached hydrogen (secondary N) is 1. The first-order valence-electron chi connectivity index (χ1n) is 9.25. The molecule has 0 aliphatic carbocycles. The zero-order valence-corrected chi connectivity index (χ0v) is 18.5. The molecule has 1 N–H and O–H groups in total. The number of rotatable bonds is 8. The molecule has 1 fully saturated rings. The number of alkyl halides is 1. The highest BCUT2D eigenvalue weighted by molar-refractivity contribution is 6.74. The molecular formula is C18H32FNO6Si. The van der Waals surface area contributed by atoms with Crippen molar-refractivity contribution in [2.45, 2.75) is 77.5 Å². The highest BCUT2D eigenvalue weighted by Crippen LogP contribution is 2.41. The Hall–Kier alpha value is -1.48. The number of amides is 1. The Labute approximate surface area is 161 Å². The lowest BCUT2D eigenvalue weighted by atomic mass is 9.75. The molecule has 0 radical (unpaired) electrons. The molecule has 3 unspecified atom stereocenters. The summed E-state index contributed by atoms with van der Waals surface area (Å²) in [5.41, 5.74) is -3.20. The van der Waals surface area contributed by atoms with Crippen LogP contribution in [0.1, 0.15) is 41.5 Å². The van der Waals surface area contributed by atoms with Crippen molar-refractivity contribution >= 4 is 26.2 Å². The Morgan fingerprint density at radius 1 is 1.15 bits per heavy atom. The summed E-state index contributed by atoms with van der Waals surface area (Å²) in [4.78, 5) is 36.7. The van der Waals surface area contributed by atoms with Crippen LogP contribution in [0.3, 0.4) is 0 Å². The first-order chi connectivity index (χ1) is 12.2. The molecule has 0 spiro atoms. The molecule has 1 aliphatic rings. The van der Waals surface area contributed by atoms with Crippen LogP contribution in [0.2, 0.25) is 18.1 Å². The van der Waals surface area contributed by atoms with E-state index in [1.54, 1.807) is 6.92 Å². The molecule has 156 valence electrons. The molecule has 7 nitrogen and oxygen atoms in total. The average Bonchev–Trinajstić information content (AvgIpc) is 2.50. The second-order valence-corrected chi connectivity index (χ2v) is 13.0. The van der Waals surface area contributed by atoms with Gasteiger partial charge in [0, 0.05) is 0 Å². The zero-order valence-electron chi connectivity index (χ0n) is 17.5. The van der Waals surface area contributed by atoms with E-state index in [2.05, 4.69) is 26.1 Å². The minimum absolute atomic E-state index is 0.0976. The van der Waals surface area contributed by atoms with Crippen molar-refractivity contribution in [1.29, 1.82) is 0 Å². The molecule has 1 amide bonds. The standard InChI is InChI=1S/C18H32FNO6Si/c1-9-24-15(22)18(19,16(23)25-10-2)12-13(20-14(12)21)11(3)26-27(7,8)17(4,5)6/h11-13H,9-10H2,1-8H3,(H,20,21). The van der Waals surface area contributed by atoms with Crippen LogP contribution in [0.15, 0.2) is 0 Å². The Kier molecular flexibility index (Phi) is 7.21. The molecular weight excluding hydrogens is 373 g/mol. The fourth-order valence-electron chi connectivity index (χ4n) is 2.75. The van der Waals surface area contributed by atoms with Gasteiger partial charge in [0.2, 0.25) is 5.91 Å². The molecule has 1 aliphatic heterocycles. The van der Waals surface area contributed by atoms with E-state index in [0.29, 0.717) is 0 Å².